The van der Waals surface area contributed by atoms with Gasteiger partial charge < -0.3 is 44.5 Å². The Balaban J connectivity index is 1.44. The number of aliphatic hydroxyl groups excluding tert-OH is 2. The van der Waals surface area contributed by atoms with Gasteiger partial charge in [0.05, 0.1) is 66.1 Å². The van der Waals surface area contributed by atoms with Crippen molar-refractivity contribution in [2.45, 2.75) is 85.6 Å². The third kappa shape index (κ3) is 9.26. The highest BCUT2D eigenvalue weighted by atomic mass is 16.7. The van der Waals surface area contributed by atoms with E-state index in [1.54, 1.807) is 44.9 Å². The van der Waals surface area contributed by atoms with E-state index in [1.807, 2.05) is 30.3 Å². The van der Waals surface area contributed by atoms with Gasteiger partial charge in [0.25, 0.3) is 11.7 Å². The number of Topliss-reactive ketones (excluding diaryl/α,β-unsaturated/α-hetero) is 3. The summed E-state index contributed by atoms with van der Waals surface area (Å²) in [5, 5.41) is 43.4. The minimum atomic E-state index is -2.11. The number of benzene rings is 2. The number of ether oxygens (including phenoxy) is 4. The molecule has 16 heteroatoms. The van der Waals surface area contributed by atoms with Crippen molar-refractivity contribution in [3.05, 3.63) is 100.0 Å². The van der Waals surface area contributed by atoms with Gasteiger partial charge in [-0.15, -0.1) is 0 Å². The lowest BCUT2D eigenvalue weighted by Crippen LogP contribution is -2.46. The van der Waals surface area contributed by atoms with Crippen LogP contribution in [0.15, 0.2) is 82.8 Å². The number of para-hydroxylation sites is 1. The molecule has 1 saturated heterocycles. The molecule has 0 radical (unpaired) electrons. The number of piperazine rings is 1. The van der Waals surface area contributed by atoms with Crippen LogP contribution in [-0.4, -0.2) is 119 Å². The first-order valence-corrected chi connectivity index (χ1v) is 21.4. The normalized spacial score (nSPS) is 31.3. The van der Waals surface area contributed by atoms with Gasteiger partial charge in [0, 0.05) is 74.5 Å². The molecule has 2 aromatic rings. The van der Waals surface area contributed by atoms with Gasteiger partial charge in [-0.1, -0.05) is 64.1 Å². The molecule has 1 aliphatic carbocycles. The standard InChI is InChI=1S/C48H58N4O12/c1-25-14-13-15-26(2)47(60)50-38-33(24-49-52-21-19-51(20-22-52)32-16-11-10-12-17-32)42(57)35-36(43(38)58)41(56)30(6)45-37(35)46(59)48(8,64-45)62-23-18-34(61-9)27(3)44(63-31(7)53)29(5)40(55)28(4)39(25)54/h10-18,23-25,27-29,34,39-40,44,54-56H,19-22H2,1-9H3,(H,50,60)/b14-13+,23-18+,26-15-,49-24+/t25-,27+,28+,29+,34-,39-,40+,44+,48-/m0/s1. The van der Waals surface area contributed by atoms with Crippen molar-refractivity contribution in [1.29, 1.82) is 0 Å². The van der Waals surface area contributed by atoms with Crippen LogP contribution >= 0.6 is 0 Å². The largest absolute Gasteiger partial charge is 0.507 e. The predicted octanol–water partition coefficient (Wildman–Crippen LogP) is 4.81. The molecule has 0 aromatic heterocycles. The second-order valence-corrected chi connectivity index (χ2v) is 17.1. The van der Waals surface area contributed by atoms with Gasteiger partial charge in [-0.2, -0.15) is 5.10 Å². The zero-order chi connectivity index (χ0) is 46.8. The van der Waals surface area contributed by atoms with Crippen molar-refractivity contribution in [2.75, 3.05) is 38.2 Å². The predicted molar refractivity (Wildman–Crippen MR) is 237 cm³/mol. The van der Waals surface area contributed by atoms with Gasteiger partial charge in [-0.3, -0.25) is 29.0 Å². The molecule has 9 atom stereocenters. The molecular weight excluding hydrogens is 825 g/mol. The van der Waals surface area contributed by atoms with E-state index in [4.69, 9.17) is 18.9 Å². The summed E-state index contributed by atoms with van der Waals surface area (Å²) in [7, 11) is 1.43. The van der Waals surface area contributed by atoms with Gasteiger partial charge in [0.15, 0.2) is 5.78 Å². The maximum atomic E-state index is 14.8. The molecule has 0 unspecified atom stereocenters. The first-order valence-electron chi connectivity index (χ1n) is 21.4. The molecule has 0 saturated carbocycles. The summed E-state index contributed by atoms with van der Waals surface area (Å²) in [5.41, 5.74) is -0.826. The van der Waals surface area contributed by atoms with Gasteiger partial charge in [0.1, 0.15) is 23.3 Å². The highest BCUT2D eigenvalue weighted by Crippen LogP contribution is 2.48. The number of phenolic OH excluding ortho intramolecular Hbond substituents is 1. The molecule has 5 aliphatic rings. The lowest BCUT2D eigenvalue weighted by Gasteiger charge is -2.38. The number of hydrogen-bond acceptors (Lipinski definition) is 15. The zero-order valence-corrected chi connectivity index (χ0v) is 37.7. The van der Waals surface area contributed by atoms with E-state index in [1.165, 1.54) is 59.4 Å². The van der Waals surface area contributed by atoms with Crippen molar-refractivity contribution >= 4 is 41.1 Å². The van der Waals surface area contributed by atoms with Crippen LogP contribution in [0.25, 0.3) is 0 Å². The van der Waals surface area contributed by atoms with Gasteiger partial charge in [-0.05, 0) is 32.1 Å². The number of hydrazone groups is 1. The fourth-order valence-electron chi connectivity index (χ4n) is 8.69. The van der Waals surface area contributed by atoms with Crippen LogP contribution in [0.1, 0.15) is 85.1 Å². The maximum Gasteiger partial charge on any atom is 0.312 e. The van der Waals surface area contributed by atoms with E-state index in [0.717, 1.165) is 5.69 Å². The number of nitrogens with one attached hydrogen (secondary N) is 1. The van der Waals surface area contributed by atoms with Crippen LogP contribution in [0.5, 0.6) is 11.5 Å². The van der Waals surface area contributed by atoms with E-state index in [9.17, 15) is 39.3 Å². The monoisotopic (exact) mass is 882 g/mol. The number of carbonyl (C=O) groups excluding carboxylic acids is 5. The Morgan fingerprint density at radius 3 is 2.22 bits per heavy atom. The third-order valence-electron chi connectivity index (χ3n) is 12.7. The molecule has 64 heavy (non-hydrogen) atoms. The molecule has 2 aromatic carbocycles. The minimum absolute atomic E-state index is 0.0175. The topological polar surface area (TPSA) is 214 Å². The van der Waals surface area contributed by atoms with Crippen molar-refractivity contribution in [1.82, 2.24) is 10.3 Å². The van der Waals surface area contributed by atoms with E-state index < -0.39 is 106 Å². The average Bonchev–Trinajstić information content (AvgIpc) is 3.54. The summed E-state index contributed by atoms with van der Waals surface area (Å²) in [6.45, 7) is 14.5. The summed E-state index contributed by atoms with van der Waals surface area (Å²) < 4.78 is 23.6. The molecule has 0 spiro atoms. The lowest BCUT2D eigenvalue weighted by molar-refractivity contribution is -0.160. The smallest absolute Gasteiger partial charge is 0.312 e. The second kappa shape index (κ2) is 19.3. The van der Waals surface area contributed by atoms with E-state index >= 15 is 0 Å². The molecule has 5 bridgehead atoms. The Bertz CT molecular complexity index is 2330. The molecule has 16 nitrogen and oxygen atoms in total. The second-order valence-electron chi connectivity index (χ2n) is 17.1. The van der Waals surface area contributed by atoms with E-state index in [-0.39, 0.29) is 28.0 Å². The highest BCUT2D eigenvalue weighted by molar-refractivity contribution is 6.37. The molecule has 4 aliphatic heterocycles. The number of esters is 1. The molecule has 4 heterocycles. The number of allylic oxidation sites excluding steroid dienone is 4. The molecule has 1 fully saturated rings. The Morgan fingerprint density at radius 2 is 1.58 bits per heavy atom. The SMILES string of the molecule is CO[C@H]1/C=C/O[C@@]2(C)Oc3c(C)c(O)c4c(c3C2=O)C(=O)C(/C=N/N2CCN(c3ccccc3)CC2)=C(NC(=O)/C(C)=C\C=C\[C@H](C)[C@H](O)[C@@H](C)[C@@H](O)[C@@H](C)[C@H](OC(C)=O)[C@@H]1C)C4=O. The number of carbonyl (C=O) groups is 5. The lowest BCUT2D eigenvalue weighted by atomic mass is 9.78. The maximum absolute atomic E-state index is 14.8. The van der Waals surface area contributed by atoms with Crippen LogP contribution in [0.4, 0.5) is 5.69 Å². The Kier molecular flexibility index (Phi) is 14.3. The van der Waals surface area contributed by atoms with E-state index in [2.05, 4.69) is 15.3 Å². The number of hydrogen-bond donors (Lipinski definition) is 4. The van der Waals surface area contributed by atoms with Crippen LogP contribution in [0.3, 0.4) is 0 Å². The fraction of sp³-hybridized carbons (Fsp3) is 0.458. The fourth-order valence-corrected chi connectivity index (χ4v) is 8.69. The number of phenols is 1. The number of rotatable bonds is 5. The van der Waals surface area contributed by atoms with Gasteiger partial charge in [-0.25, -0.2) is 0 Å². The molecular formula is C48H58N4O12. The summed E-state index contributed by atoms with van der Waals surface area (Å²) >= 11 is 0. The number of methoxy groups -OCH3 is 1. The van der Waals surface area contributed by atoms with Crippen LogP contribution in [0.2, 0.25) is 0 Å². The number of nitrogens with zero attached hydrogens (tertiary/aromatic N) is 3. The first kappa shape index (κ1) is 47.4. The summed E-state index contributed by atoms with van der Waals surface area (Å²) in [4.78, 5) is 72.3. The highest BCUT2D eigenvalue weighted by Gasteiger charge is 2.52. The first-order chi connectivity index (χ1) is 30.3. The summed E-state index contributed by atoms with van der Waals surface area (Å²) in [6.07, 6.45) is 4.55. The van der Waals surface area contributed by atoms with Gasteiger partial charge in [0.2, 0.25) is 5.78 Å². The number of anilines is 1. The van der Waals surface area contributed by atoms with Crippen LogP contribution < -0.4 is 15.0 Å². The minimum Gasteiger partial charge on any atom is -0.507 e. The van der Waals surface area contributed by atoms with Gasteiger partial charge >= 0.3 is 11.8 Å². The van der Waals surface area contributed by atoms with Crippen molar-refractivity contribution < 1.29 is 58.2 Å². The number of ketones is 3. The average molecular weight is 883 g/mol. The third-order valence-corrected chi connectivity index (χ3v) is 12.7. The Morgan fingerprint density at radius 1 is 0.906 bits per heavy atom. The van der Waals surface area contributed by atoms with Crippen molar-refractivity contribution in [2.24, 2.45) is 28.8 Å². The van der Waals surface area contributed by atoms with Crippen molar-refractivity contribution in [3.8, 4) is 11.5 Å². The number of aliphatic hydroxyl groups is 2. The van der Waals surface area contributed by atoms with Crippen LogP contribution in [0, 0.1) is 30.6 Å². The van der Waals surface area contributed by atoms with Crippen molar-refractivity contribution in [3.63, 3.8) is 0 Å². The quantitative estimate of drug-likeness (QED) is 0.235. The zero-order valence-electron chi connectivity index (χ0n) is 37.7. The summed E-state index contributed by atoms with van der Waals surface area (Å²) in [5.74, 6) is -9.44. The molecule has 1 amide bonds. The Hall–Kier alpha value is -6.10. The van der Waals surface area contributed by atoms with E-state index in [0.29, 0.717) is 26.2 Å². The Labute approximate surface area is 372 Å². The molecule has 4 N–H and O–H groups in total. The summed E-state index contributed by atoms with van der Waals surface area (Å²) in [6, 6.07) is 9.87. The molecule has 7 rings (SSSR count). The number of fused-ring (bicyclic) bond motifs is 14. The number of amides is 1. The van der Waals surface area contributed by atoms with Crippen LogP contribution in [-0.2, 0) is 23.8 Å². The molecule has 342 valence electrons. The number of aromatic hydroxyl groups is 1.